The number of aromatic amines is 1. The van der Waals surface area contributed by atoms with Gasteiger partial charge in [-0.25, -0.2) is 0 Å². The van der Waals surface area contributed by atoms with E-state index < -0.39 is 0 Å². The molecule has 1 saturated heterocycles. The van der Waals surface area contributed by atoms with Crippen LogP contribution in [0.4, 0.5) is 0 Å². The minimum atomic E-state index is 0. The first-order chi connectivity index (χ1) is 14.8. The van der Waals surface area contributed by atoms with Gasteiger partial charge in [-0.05, 0) is 30.9 Å². The molecule has 0 aliphatic carbocycles. The van der Waals surface area contributed by atoms with Crippen LogP contribution in [0.25, 0.3) is 10.9 Å². The van der Waals surface area contributed by atoms with Crippen LogP contribution in [0.2, 0.25) is 0 Å². The van der Waals surface area contributed by atoms with Crippen molar-refractivity contribution in [3.05, 3.63) is 48.2 Å². The topological polar surface area (TPSA) is 92.2 Å². The summed E-state index contributed by atoms with van der Waals surface area (Å²) in [5.41, 5.74) is 2.49. The summed E-state index contributed by atoms with van der Waals surface area (Å²) in [5.74, 6) is 1.83. The Balaban J connectivity index is 0.00000272. The van der Waals surface area contributed by atoms with Crippen LogP contribution in [0.3, 0.4) is 0 Å². The average molecular weight is 537 g/mol. The van der Waals surface area contributed by atoms with Crippen LogP contribution in [0.5, 0.6) is 0 Å². The number of halogens is 1. The van der Waals surface area contributed by atoms with Crippen LogP contribution in [0, 0.1) is 0 Å². The van der Waals surface area contributed by atoms with Crippen LogP contribution < -0.4 is 10.6 Å². The van der Waals surface area contributed by atoms with Crippen LogP contribution in [-0.4, -0.2) is 58.1 Å². The summed E-state index contributed by atoms with van der Waals surface area (Å²) in [6.07, 6.45) is 8.15. The van der Waals surface area contributed by atoms with Gasteiger partial charge >= 0.3 is 0 Å². The van der Waals surface area contributed by atoms with E-state index in [9.17, 15) is 0 Å². The SMILES string of the molecule is CCc1nncn1CCNC(=NCC1CCCO1)NCCc1c[nH]c2ccccc12.I. The number of rotatable bonds is 9. The number of nitrogens with zero attached hydrogens (tertiary/aromatic N) is 4. The highest BCUT2D eigenvalue weighted by molar-refractivity contribution is 14.0. The molecule has 3 heterocycles. The average Bonchev–Trinajstić information content (AvgIpc) is 3.53. The molecule has 31 heavy (non-hydrogen) atoms. The van der Waals surface area contributed by atoms with Crippen LogP contribution in [0.1, 0.15) is 31.2 Å². The predicted molar refractivity (Wildman–Crippen MR) is 134 cm³/mol. The number of guanidine groups is 1. The minimum absolute atomic E-state index is 0. The number of ether oxygens (including phenoxy) is 1. The third-order valence-corrected chi connectivity index (χ3v) is 5.50. The molecule has 1 unspecified atom stereocenters. The number of H-pyrrole nitrogens is 1. The number of hydrogen-bond acceptors (Lipinski definition) is 4. The number of para-hydroxylation sites is 1. The number of fused-ring (bicyclic) bond motifs is 1. The van der Waals surface area contributed by atoms with E-state index in [0.29, 0.717) is 6.54 Å². The summed E-state index contributed by atoms with van der Waals surface area (Å²) in [6, 6.07) is 8.41. The van der Waals surface area contributed by atoms with Crippen LogP contribution >= 0.6 is 24.0 Å². The Bertz CT molecular complexity index is 962. The third kappa shape index (κ3) is 6.42. The van der Waals surface area contributed by atoms with E-state index in [4.69, 9.17) is 9.73 Å². The normalized spacial score (nSPS) is 16.4. The Labute approximate surface area is 200 Å². The molecule has 8 nitrogen and oxygen atoms in total. The first kappa shape index (κ1) is 23.5. The highest BCUT2D eigenvalue weighted by Crippen LogP contribution is 2.17. The Morgan fingerprint density at radius 1 is 1.29 bits per heavy atom. The van der Waals surface area contributed by atoms with Gasteiger partial charge in [0.2, 0.25) is 0 Å². The number of aliphatic imine (C=N–C) groups is 1. The molecule has 1 aliphatic rings. The van der Waals surface area contributed by atoms with Crippen LogP contribution in [-0.2, 0) is 24.1 Å². The Kier molecular flexibility index (Phi) is 9.13. The molecule has 9 heteroatoms. The summed E-state index contributed by atoms with van der Waals surface area (Å²) < 4.78 is 7.80. The van der Waals surface area contributed by atoms with E-state index in [2.05, 4.69) is 67.8 Å². The van der Waals surface area contributed by atoms with Gasteiger partial charge in [-0.1, -0.05) is 25.1 Å². The lowest BCUT2D eigenvalue weighted by Gasteiger charge is -2.14. The molecule has 2 aromatic heterocycles. The van der Waals surface area contributed by atoms with E-state index in [-0.39, 0.29) is 30.1 Å². The van der Waals surface area contributed by atoms with Crippen molar-refractivity contribution < 1.29 is 4.74 Å². The fraction of sp³-hybridized carbons (Fsp3) is 0.500. The number of aromatic nitrogens is 4. The number of benzene rings is 1. The second-order valence-corrected chi connectivity index (χ2v) is 7.58. The zero-order valence-corrected chi connectivity index (χ0v) is 20.3. The summed E-state index contributed by atoms with van der Waals surface area (Å²) >= 11 is 0. The number of hydrogen-bond donors (Lipinski definition) is 3. The first-order valence-electron chi connectivity index (χ1n) is 10.9. The van der Waals surface area contributed by atoms with Gasteiger partial charge in [0, 0.05) is 49.8 Å². The highest BCUT2D eigenvalue weighted by Gasteiger charge is 2.15. The third-order valence-electron chi connectivity index (χ3n) is 5.50. The van der Waals surface area contributed by atoms with E-state index in [0.717, 1.165) is 63.7 Å². The molecule has 0 bridgehead atoms. The zero-order valence-electron chi connectivity index (χ0n) is 18.0. The van der Waals surface area contributed by atoms with Crippen molar-refractivity contribution >= 4 is 40.8 Å². The van der Waals surface area contributed by atoms with Gasteiger partial charge in [-0.2, -0.15) is 0 Å². The maximum absolute atomic E-state index is 5.72. The first-order valence-corrected chi connectivity index (χ1v) is 10.9. The quantitative estimate of drug-likeness (QED) is 0.222. The summed E-state index contributed by atoms with van der Waals surface area (Å²) in [7, 11) is 0. The predicted octanol–water partition coefficient (Wildman–Crippen LogP) is 2.90. The molecule has 0 saturated carbocycles. The minimum Gasteiger partial charge on any atom is -0.376 e. The van der Waals surface area contributed by atoms with Gasteiger partial charge in [0.1, 0.15) is 12.2 Å². The van der Waals surface area contributed by atoms with Crippen molar-refractivity contribution in [1.29, 1.82) is 0 Å². The highest BCUT2D eigenvalue weighted by atomic mass is 127. The van der Waals surface area contributed by atoms with E-state index in [1.165, 1.54) is 16.5 Å². The number of aryl methyl sites for hydroxylation is 1. The van der Waals surface area contributed by atoms with Crippen molar-refractivity contribution in [1.82, 2.24) is 30.4 Å². The monoisotopic (exact) mass is 537 g/mol. The zero-order chi connectivity index (χ0) is 20.6. The Hall–Kier alpha value is -2.14. The fourth-order valence-electron chi connectivity index (χ4n) is 3.84. The molecular weight excluding hydrogens is 505 g/mol. The number of nitrogens with one attached hydrogen (secondary N) is 3. The molecular formula is C22H32IN7O. The van der Waals surface area contributed by atoms with Gasteiger partial charge in [-0.3, -0.25) is 4.99 Å². The molecule has 0 spiro atoms. The molecule has 0 radical (unpaired) electrons. The van der Waals surface area contributed by atoms with Crippen molar-refractivity contribution in [2.75, 3.05) is 26.2 Å². The molecule has 1 aromatic carbocycles. The molecule has 4 rings (SSSR count). The molecule has 3 aromatic rings. The lowest BCUT2D eigenvalue weighted by molar-refractivity contribution is 0.117. The molecule has 1 atom stereocenters. The van der Waals surface area contributed by atoms with Crippen molar-refractivity contribution in [2.45, 2.75) is 45.3 Å². The van der Waals surface area contributed by atoms with Crippen molar-refractivity contribution in [3.63, 3.8) is 0 Å². The molecule has 168 valence electrons. The summed E-state index contributed by atoms with van der Waals surface area (Å²) in [4.78, 5) is 8.11. The molecule has 0 amide bonds. The largest absolute Gasteiger partial charge is 0.376 e. The van der Waals surface area contributed by atoms with Gasteiger partial charge < -0.3 is 24.9 Å². The van der Waals surface area contributed by atoms with E-state index in [1.54, 1.807) is 6.33 Å². The lowest BCUT2D eigenvalue weighted by Crippen LogP contribution is -2.40. The van der Waals surface area contributed by atoms with Crippen LogP contribution in [0.15, 0.2) is 41.8 Å². The van der Waals surface area contributed by atoms with Gasteiger partial charge in [0.25, 0.3) is 0 Å². The Morgan fingerprint density at radius 3 is 3.00 bits per heavy atom. The van der Waals surface area contributed by atoms with Crippen molar-refractivity contribution in [3.8, 4) is 0 Å². The second kappa shape index (κ2) is 12.0. The van der Waals surface area contributed by atoms with Gasteiger partial charge in [0.05, 0.1) is 12.6 Å². The van der Waals surface area contributed by atoms with Crippen molar-refractivity contribution in [2.24, 2.45) is 4.99 Å². The van der Waals surface area contributed by atoms with E-state index in [1.807, 2.05) is 0 Å². The molecule has 1 fully saturated rings. The second-order valence-electron chi connectivity index (χ2n) is 7.58. The smallest absolute Gasteiger partial charge is 0.191 e. The maximum Gasteiger partial charge on any atom is 0.191 e. The van der Waals surface area contributed by atoms with Gasteiger partial charge in [-0.15, -0.1) is 34.2 Å². The summed E-state index contributed by atoms with van der Waals surface area (Å²) in [6.45, 7) is 6.01. The standard InChI is InChI=1S/C22H31N7O.HI/c1-2-21-28-27-16-29(21)12-11-24-22(26-15-18-6-5-13-30-18)23-10-9-17-14-25-20-8-4-3-7-19(17)20;/h3-4,7-8,14,16,18,25H,2,5-6,9-13,15H2,1H3,(H2,23,24,26);1H. The van der Waals surface area contributed by atoms with E-state index >= 15 is 0 Å². The van der Waals surface area contributed by atoms with Gasteiger partial charge in [0.15, 0.2) is 5.96 Å². The maximum atomic E-state index is 5.72. The lowest BCUT2D eigenvalue weighted by atomic mass is 10.1. The molecule has 3 N–H and O–H groups in total. The molecule has 1 aliphatic heterocycles. The summed E-state index contributed by atoms with van der Waals surface area (Å²) in [5, 5.41) is 16.4. The fourth-order valence-corrected chi connectivity index (χ4v) is 3.84. The Morgan fingerprint density at radius 2 is 2.16 bits per heavy atom.